The molecule has 2 rings (SSSR count). The summed E-state index contributed by atoms with van der Waals surface area (Å²) in [6, 6.07) is 13.7. The molecule has 1 N–H and O–H groups in total. The molecule has 0 aliphatic heterocycles. The summed E-state index contributed by atoms with van der Waals surface area (Å²) < 4.78 is 11.0. The van der Waals surface area contributed by atoms with E-state index in [9.17, 15) is 4.79 Å². The van der Waals surface area contributed by atoms with Crippen molar-refractivity contribution in [3.8, 4) is 5.75 Å². The molecule has 0 amide bonds. The van der Waals surface area contributed by atoms with Crippen LogP contribution in [0.15, 0.2) is 42.5 Å². The number of rotatable bonds is 7. The first-order chi connectivity index (χ1) is 11.8. The predicted molar refractivity (Wildman–Crippen MR) is 97.3 cm³/mol. The van der Waals surface area contributed by atoms with Crippen molar-refractivity contribution < 1.29 is 14.3 Å². The maximum atomic E-state index is 11.7. The van der Waals surface area contributed by atoms with Gasteiger partial charge in [-0.3, -0.25) is 9.78 Å². The maximum absolute atomic E-state index is 11.7. The quantitative estimate of drug-likeness (QED) is 0.782. The lowest BCUT2D eigenvalue weighted by Crippen LogP contribution is -2.39. The van der Waals surface area contributed by atoms with Gasteiger partial charge in [-0.05, 0) is 45.4 Å². The molecule has 0 radical (unpaired) electrons. The van der Waals surface area contributed by atoms with E-state index in [1.165, 1.54) is 0 Å². The van der Waals surface area contributed by atoms with Gasteiger partial charge >= 0.3 is 5.97 Å². The number of carbonyl (C=O) groups excluding carboxylic acids is 1. The Morgan fingerprint density at radius 2 is 1.80 bits per heavy atom. The van der Waals surface area contributed by atoms with Crippen LogP contribution in [0, 0.1) is 6.92 Å². The van der Waals surface area contributed by atoms with Crippen LogP contribution in [0.25, 0.3) is 0 Å². The van der Waals surface area contributed by atoms with Gasteiger partial charge in [0.1, 0.15) is 19.0 Å². The Kier molecular flexibility index (Phi) is 6.53. The molecule has 2 aromatic rings. The number of hydrogen-bond acceptors (Lipinski definition) is 5. The molecule has 5 heteroatoms. The number of hydrogen-bond donors (Lipinski definition) is 1. The van der Waals surface area contributed by atoms with Gasteiger partial charge < -0.3 is 14.8 Å². The van der Waals surface area contributed by atoms with Gasteiger partial charge in [-0.1, -0.05) is 30.3 Å². The molecule has 1 heterocycles. The van der Waals surface area contributed by atoms with Gasteiger partial charge in [-0.2, -0.15) is 0 Å². The predicted octanol–water partition coefficient (Wildman–Crippen LogP) is 3.40. The minimum Gasteiger partial charge on any atom is -0.487 e. The molecule has 0 fully saturated rings. The number of aromatic nitrogens is 1. The SMILES string of the molecule is Cc1nc(COC(=O)CNC(C)(C)C)ccc1OCc1ccccc1. The summed E-state index contributed by atoms with van der Waals surface area (Å²) >= 11 is 0. The number of nitrogens with zero attached hydrogens (tertiary/aromatic N) is 1. The zero-order valence-corrected chi connectivity index (χ0v) is 15.3. The van der Waals surface area contributed by atoms with Gasteiger partial charge in [0.05, 0.1) is 17.9 Å². The second-order valence-electron chi connectivity index (χ2n) is 6.92. The summed E-state index contributed by atoms with van der Waals surface area (Å²) in [4.78, 5) is 16.2. The van der Waals surface area contributed by atoms with Crippen molar-refractivity contribution in [2.75, 3.05) is 6.54 Å². The second kappa shape index (κ2) is 8.62. The van der Waals surface area contributed by atoms with E-state index >= 15 is 0 Å². The molecule has 0 aliphatic carbocycles. The number of carbonyl (C=O) groups is 1. The van der Waals surface area contributed by atoms with E-state index in [4.69, 9.17) is 9.47 Å². The van der Waals surface area contributed by atoms with Crippen LogP contribution in [0.5, 0.6) is 5.75 Å². The topological polar surface area (TPSA) is 60.5 Å². The Morgan fingerprint density at radius 3 is 2.44 bits per heavy atom. The number of aryl methyl sites for hydroxylation is 1. The largest absolute Gasteiger partial charge is 0.487 e. The standard InChI is InChI=1S/C20H26N2O3/c1-15-18(24-13-16-8-6-5-7-9-16)11-10-17(22-15)14-25-19(23)12-21-20(2,3)4/h5-11,21H,12-14H2,1-4H3. The average molecular weight is 342 g/mol. The van der Waals surface area contributed by atoms with E-state index in [1.54, 1.807) is 0 Å². The smallest absolute Gasteiger partial charge is 0.320 e. The van der Waals surface area contributed by atoms with E-state index < -0.39 is 0 Å². The zero-order chi connectivity index (χ0) is 18.3. The molecule has 1 aromatic heterocycles. The highest BCUT2D eigenvalue weighted by Gasteiger charge is 2.12. The van der Waals surface area contributed by atoms with Crippen LogP contribution in [0.2, 0.25) is 0 Å². The van der Waals surface area contributed by atoms with Crippen molar-refractivity contribution in [2.24, 2.45) is 0 Å². The number of benzene rings is 1. The Hall–Kier alpha value is -2.40. The first-order valence-electron chi connectivity index (χ1n) is 8.37. The first kappa shape index (κ1) is 18.9. The van der Waals surface area contributed by atoms with Crippen molar-refractivity contribution in [1.82, 2.24) is 10.3 Å². The van der Waals surface area contributed by atoms with E-state index in [0.717, 1.165) is 17.0 Å². The minimum atomic E-state index is -0.293. The summed E-state index contributed by atoms with van der Waals surface area (Å²) in [6.07, 6.45) is 0. The molecule has 0 spiro atoms. The molecule has 0 unspecified atom stereocenters. The van der Waals surface area contributed by atoms with E-state index in [2.05, 4.69) is 10.3 Å². The number of pyridine rings is 1. The van der Waals surface area contributed by atoms with Gasteiger partial charge in [0.25, 0.3) is 0 Å². The molecule has 1 aromatic carbocycles. The van der Waals surface area contributed by atoms with Gasteiger partial charge in [0.15, 0.2) is 0 Å². The van der Waals surface area contributed by atoms with Gasteiger partial charge in [-0.25, -0.2) is 0 Å². The molecule has 25 heavy (non-hydrogen) atoms. The monoisotopic (exact) mass is 342 g/mol. The van der Waals surface area contributed by atoms with E-state index in [0.29, 0.717) is 12.3 Å². The highest BCUT2D eigenvalue weighted by atomic mass is 16.5. The van der Waals surface area contributed by atoms with Crippen LogP contribution in [-0.2, 0) is 22.7 Å². The van der Waals surface area contributed by atoms with E-state index in [1.807, 2.05) is 70.2 Å². The lowest BCUT2D eigenvalue weighted by Gasteiger charge is -2.19. The highest BCUT2D eigenvalue weighted by molar-refractivity contribution is 5.71. The number of esters is 1. The summed E-state index contributed by atoms with van der Waals surface area (Å²) in [5.41, 5.74) is 2.46. The molecule has 0 atom stereocenters. The van der Waals surface area contributed by atoms with Crippen molar-refractivity contribution in [3.05, 3.63) is 59.4 Å². The van der Waals surface area contributed by atoms with Crippen LogP contribution in [-0.4, -0.2) is 23.0 Å². The number of nitrogens with one attached hydrogen (secondary N) is 1. The fraction of sp³-hybridized carbons (Fsp3) is 0.400. The zero-order valence-electron chi connectivity index (χ0n) is 15.3. The summed E-state index contributed by atoms with van der Waals surface area (Å²) in [6.45, 7) is 8.71. The Bertz CT molecular complexity index is 694. The highest BCUT2D eigenvalue weighted by Crippen LogP contribution is 2.18. The minimum absolute atomic E-state index is 0.119. The fourth-order valence-electron chi connectivity index (χ4n) is 2.11. The van der Waals surface area contributed by atoms with Crippen molar-refractivity contribution in [3.63, 3.8) is 0 Å². The third kappa shape index (κ3) is 6.93. The van der Waals surface area contributed by atoms with Crippen molar-refractivity contribution in [2.45, 2.75) is 46.4 Å². The van der Waals surface area contributed by atoms with Gasteiger partial charge in [0, 0.05) is 5.54 Å². The lowest BCUT2D eigenvalue weighted by atomic mass is 10.1. The molecule has 0 aliphatic rings. The van der Waals surface area contributed by atoms with Crippen LogP contribution in [0.3, 0.4) is 0 Å². The molecule has 0 saturated heterocycles. The summed E-state index contributed by atoms with van der Waals surface area (Å²) in [7, 11) is 0. The third-order valence-corrected chi connectivity index (χ3v) is 3.48. The van der Waals surface area contributed by atoms with Crippen molar-refractivity contribution >= 4 is 5.97 Å². The molecule has 0 bridgehead atoms. The summed E-state index contributed by atoms with van der Waals surface area (Å²) in [5, 5.41) is 3.10. The third-order valence-electron chi connectivity index (χ3n) is 3.48. The summed E-state index contributed by atoms with van der Waals surface area (Å²) in [5.74, 6) is 0.437. The van der Waals surface area contributed by atoms with Crippen LogP contribution < -0.4 is 10.1 Å². The lowest BCUT2D eigenvalue weighted by molar-refractivity contribution is -0.144. The normalized spacial score (nSPS) is 11.2. The van der Waals surface area contributed by atoms with Crippen LogP contribution in [0.1, 0.15) is 37.7 Å². The molecule has 134 valence electrons. The average Bonchev–Trinajstić information content (AvgIpc) is 2.57. The molecular formula is C20H26N2O3. The second-order valence-corrected chi connectivity index (χ2v) is 6.92. The van der Waals surface area contributed by atoms with Crippen molar-refractivity contribution in [1.29, 1.82) is 0 Å². The molecule has 0 saturated carbocycles. The van der Waals surface area contributed by atoms with Gasteiger partial charge in [-0.15, -0.1) is 0 Å². The Balaban J connectivity index is 1.83. The maximum Gasteiger partial charge on any atom is 0.320 e. The Labute approximate surface area is 149 Å². The Morgan fingerprint density at radius 1 is 1.08 bits per heavy atom. The van der Waals surface area contributed by atoms with Crippen LogP contribution >= 0.6 is 0 Å². The number of ether oxygens (including phenoxy) is 2. The molecule has 5 nitrogen and oxygen atoms in total. The van der Waals surface area contributed by atoms with E-state index in [-0.39, 0.29) is 24.7 Å². The fourth-order valence-corrected chi connectivity index (χ4v) is 2.11. The van der Waals surface area contributed by atoms with Crippen LogP contribution in [0.4, 0.5) is 0 Å². The van der Waals surface area contributed by atoms with Gasteiger partial charge in [0.2, 0.25) is 0 Å². The molecular weight excluding hydrogens is 316 g/mol. The first-order valence-corrected chi connectivity index (χ1v) is 8.37.